The van der Waals surface area contributed by atoms with Crippen molar-refractivity contribution in [3.63, 3.8) is 0 Å². The van der Waals surface area contributed by atoms with Crippen molar-refractivity contribution in [1.82, 2.24) is 5.32 Å². The van der Waals surface area contributed by atoms with Crippen LogP contribution in [0.4, 0.5) is 5.69 Å². The average Bonchev–Trinajstić information content (AvgIpc) is 2.76. The van der Waals surface area contributed by atoms with Gasteiger partial charge in [0.25, 0.3) is 0 Å². The minimum absolute atomic E-state index is 0.0872. The number of anilines is 1. The lowest BCUT2D eigenvalue weighted by Crippen LogP contribution is -2.32. The molecule has 0 spiro atoms. The minimum atomic E-state index is -0.417. The first-order valence-corrected chi connectivity index (χ1v) is 8.03. The summed E-state index contributed by atoms with van der Waals surface area (Å²) in [7, 11) is 1.72. The zero-order valence-corrected chi connectivity index (χ0v) is 14.1. The molecule has 0 bridgehead atoms. The molecule has 1 aliphatic rings. The van der Waals surface area contributed by atoms with Crippen LogP contribution in [0.2, 0.25) is 0 Å². The average molecular weight is 319 g/mol. The number of hydrogen-bond donors (Lipinski definition) is 1. The number of carbonyl (C=O) groups is 2. The van der Waals surface area contributed by atoms with Crippen LogP contribution < -0.4 is 10.2 Å². The van der Waals surface area contributed by atoms with E-state index in [4.69, 9.17) is 0 Å². The first-order valence-electron chi connectivity index (χ1n) is 7.15. The Hall–Kier alpha value is -1.82. The summed E-state index contributed by atoms with van der Waals surface area (Å²) in [6.07, 6.45) is 0.158. The van der Waals surface area contributed by atoms with E-state index in [1.165, 1.54) is 11.8 Å². The van der Waals surface area contributed by atoms with Gasteiger partial charge in [-0.05, 0) is 32.9 Å². The quantitative estimate of drug-likeness (QED) is 0.931. The second-order valence-electron chi connectivity index (χ2n) is 6.18. The minimum Gasteiger partial charge on any atom is -0.315 e. The number of thioether (sulfide) groups is 1. The molecule has 2 amide bonds. The molecular formula is C16H21N3O2S. The fourth-order valence-electron chi connectivity index (χ4n) is 1.99. The number of para-hydroxylation sites is 1. The Balaban J connectivity index is 2.01. The van der Waals surface area contributed by atoms with E-state index < -0.39 is 5.25 Å². The molecule has 22 heavy (non-hydrogen) atoms. The third-order valence-electron chi connectivity index (χ3n) is 3.09. The molecule has 1 N–H and O–H groups in total. The van der Waals surface area contributed by atoms with Crippen LogP contribution in [0.25, 0.3) is 0 Å². The van der Waals surface area contributed by atoms with Crippen molar-refractivity contribution in [2.75, 3.05) is 11.9 Å². The summed E-state index contributed by atoms with van der Waals surface area (Å²) < 4.78 is 0. The summed E-state index contributed by atoms with van der Waals surface area (Å²) >= 11 is 1.33. The van der Waals surface area contributed by atoms with Gasteiger partial charge in [-0.15, -0.1) is 0 Å². The van der Waals surface area contributed by atoms with E-state index in [-0.39, 0.29) is 23.8 Å². The molecule has 1 aromatic carbocycles. The summed E-state index contributed by atoms with van der Waals surface area (Å²) in [6, 6.07) is 9.39. The Kier molecular flexibility index (Phi) is 4.90. The van der Waals surface area contributed by atoms with Gasteiger partial charge >= 0.3 is 0 Å². The molecule has 1 aromatic rings. The summed E-state index contributed by atoms with van der Waals surface area (Å²) in [4.78, 5) is 30.3. The van der Waals surface area contributed by atoms with Crippen molar-refractivity contribution in [3.05, 3.63) is 30.3 Å². The summed E-state index contributed by atoms with van der Waals surface area (Å²) in [5, 5.41) is 2.93. The molecule has 1 saturated heterocycles. The van der Waals surface area contributed by atoms with E-state index >= 15 is 0 Å². The zero-order valence-electron chi connectivity index (χ0n) is 13.3. The van der Waals surface area contributed by atoms with Crippen LogP contribution in [0, 0.1) is 0 Å². The van der Waals surface area contributed by atoms with Crippen molar-refractivity contribution in [1.29, 1.82) is 0 Å². The molecular weight excluding hydrogens is 298 g/mol. The van der Waals surface area contributed by atoms with Crippen LogP contribution in [0.3, 0.4) is 0 Å². The van der Waals surface area contributed by atoms with Crippen molar-refractivity contribution < 1.29 is 9.59 Å². The summed E-state index contributed by atoms with van der Waals surface area (Å²) in [5.74, 6) is -0.237. The van der Waals surface area contributed by atoms with Gasteiger partial charge in [-0.3, -0.25) is 14.6 Å². The third kappa shape index (κ3) is 4.34. The number of aliphatic imine (C=N–C) groups is 1. The normalized spacial score (nSPS) is 20.1. The largest absolute Gasteiger partial charge is 0.315 e. The van der Waals surface area contributed by atoms with Crippen molar-refractivity contribution in [2.45, 2.75) is 38.0 Å². The van der Waals surface area contributed by atoms with Gasteiger partial charge in [0.15, 0.2) is 5.17 Å². The first-order chi connectivity index (χ1) is 10.3. The second-order valence-corrected chi connectivity index (χ2v) is 7.37. The monoisotopic (exact) mass is 319 g/mol. The van der Waals surface area contributed by atoms with Gasteiger partial charge in [-0.25, -0.2) is 0 Å². The smallest absolute Gasteiger partial charge is 0.240 e. The molecule has 0 radical (unpaired) electrons. The van der Waals surface area contributed by atoms with E-state index in [0.29, 0.717) is 5.17 Å². The lowest BCUT2D eigenvalue weighted by atomic mass is 10.1. The van der Waals surface area contributed by atoms with E-state index in [1.54, 1.807) is 11.9 Å². The van der Waals surface area contributed by atoms with Crippen LogP contribution >= 0.6 is 11.8 Å². The number of rotatable bonds is 3. The number of hydrogen-bond acceptors (Lipinski definition) is 4. The second kappa shape index (κ2) is 6.52. The van der Waals surface area contributed by atoms with Crippen molar-refractivity contribution >= 4 is 34.4 Å². The Morgan fingerprint density at radius 3 is 2.55 bits per heavy atom. The van der Waals surface area contributed by atoms with E-state index in [9.17, 15) is 9.59 Å². The Bertz CT molecular complexity index is 593. The molecule has 1 unspecified atom stereocenters. The van der Waals surface area contributed by atoms with Crippen LogP contribution in [-0.2, 0) is 9.59 Å². The number of amides is 2. The molecule has 118 valence electrons. The summed E-state index contributed by atoms with van der Waals surface area (Å²) in [5.41, 5.74) is 0.564. The van der Waals surface area contributed by atoms with Crippen LogP contribution in [0.15, 0.2) is 35.3 Å². The number of carbonyl (C=O) groups excluding carboxylic acids is 2. The third-order valence-corrected chi connectivity index (χ3v) is 4.17. The van der Waals surface area contributed by atoms with E-state index in [1.807, 2.05) is 51.1 Å². The first kappa shape index (κ1) is 16.5. The molecule has 1 fully saturated rings. The number of nitrogens with zero attached hydrogens (tertiary/aromatic N) is 2. The van der Waals surface area contributed by atoms with Crippen molar-refractivity contribution in [2.24, 2.45) is 4.99 Å². The fraction of sp³-hybridized carbons (Fsp3) is 0.438. The molecule has 1 atom stereocenters. The summed E-state index contributed by atoms with van der Waals surface area (Å²) in [6.45, 7) is 5.90. The predicted molar refractivity (Wildman–Crippen MR) is 91.2 cm³/mol. The Labute approximate surface area is 135 Å². The van der Waals surface area contributed by atoms with Crippen molar-refractivity contribution in [3.8, 4) is 0 Å². The number of nitrogens with one attached hydrogen (secondary N) is 1. The maximum atomic E-state index is 12.3. The van der Waals surface area contributed by atoms with E-state index in [2.05, 4.69) is 10.3 Å². The zero-order chi connectivity index (χ0) is 16.3. The molecule has 0 saturated carbocycles. The van der Waals surface area contributed by atoms with Crippen LogP contribution in [-0.4, -0.2) is 34.8 Å². The van der Waals surface area contributed by atoms with Gasteiger partial charge in [0, 0.05) is 19.2 Å². The molecule has 5 nitrogen and oxygen atoms in total. The number of amidine groups is 1. The van der Waals surface area contributed by atoms with Crippen LogP contribution in [0.5, 0.6) is 0 Å². The molecule has 6 heteroatoms. The molecule has 0 aromatic heterocycles. The standard InChI is InChI=1S/C16H21N3O2S/c1-16(2,3)18-15-17-14(21)12(22-15)10-13(20)19(4)11-8-6-5-7-9-11/h5-9,12H,10H2,1-4H3,(H,17,18,21). The molecule has 1 heterocycles. The van der Waals surface area contributed by atoms with Crippen LogP contribution in [0.1, 0.15) is 27.2 Å². The highest BCUT2D eigenvalue weighted by molar-refractivity contribution is 8.15. The van der Waals surface area contributed by atoms with Gasteiger partial charge in [0.05, 0.1) is 5.54 Å². The van der Waals surface area contributed by atoms with Gasteiger partial charge in [-0.1, -0.05) is 30.0 Å². The van der Waals surface area contributed by atoms with Gasteiger partial charge < -0.3 is 10.2 Å². The highest BCUT2D eigenvalue weighted by Crippen LogP contribution is 2.25. The maximum absolute atomic E-state index is 12.3. The highest BCUT2D eigenvalue weighted by atomic mass is 32.2. The fourth-order valence-corrected chi connectivity index (χ4v) is 3.14. The molecule has 2 rings (SSSR count). The number of benzene rings is 1. The predicted octanol–water partition coefficient (Wildman–Crippen LogP) is 2.43. The van der Waals surface area contributed by atoms with Gasteiger partial charge in [0.1, 0.15) is 5.25 Å². The Morgan fingerprint density at radius 2 is 1.95 bits per heavy atom. The lowest BCUT2D eigenvalue weighted by Gasteiger charge is -2.18. The molecule has 0 aliphatic carbocycles. The maximum Gasteiger partial charge on any atom is 0.240 e. The SMILES string of the molecule is CN(C(=O)CC1SC(=NC(C)(C)C)NC1=O)c1ccccc1. The van der Waals surface area contributed by atoms with Gasteiger partial charge in [-0.2, -0.15) is 0 Å². The van der Waals surface area contributed by atoms with E-state index in [0.717, 1.165) is 5.69 Å². The lowest BCUT2D eigenvalue weighted by molar-refractivity contribution is -0.123. The topological polar surface area (TPSA) is 61.8 Å². The highest BCUT2D eigenvalue weighted by Gasteiger charge is 2.33. The van der Waals surface area contributed by atoms with Gasteiger partial charge in [0.2, 0.25) is 11.8 Å². The Morgan fingerprint density at radius 1 is 1.32 bits per heavy atom. The molecule has 1 aliphatic heterocycles.